The Morgan fingerprint density at radius 2 is 2.20 bits per heavy atom. The van der Waals surface area contributed by atoms with Gasteiger partial charge >= 0.3 is 0 Å². The molecule has 3 N–H and O–H groups in total. The molecule has 0 aromatic rings. The summed E-state index contributed by atoms with van der Waals surface area (Å²) in [6.07, 6.45) is 2.45. The first-order valence-corrected chi connectivity index (χ1v) is 5.09. The van der Waals surface area contributed by atoms with Gasteiger partial charge in [0.05, 0.1) is 0 Å². The quantitative estimate of drug-likeness (QED) is 0.675. The van der Waals surface area contributed by atoms with Gasteiger partial charge in [-0.2, -0.15) is 0 Å². The second kappa shape index (κ2) is 4.91. The summed E-state index contributed by atoms with van der Waals surface area (Å²) in [5.41, 5.74) is 5.20. The predicted octanol–water partition coefficient (Wildman–Crippen LogP) is -0.264. The maximum Gasteiger partial charge on any atom is 0.240 e. The van der Waals surface area contributed by atoms with Crippen molar-refractivity contribution in [3.63, 3.8) is 0 Å². The van der Waals surface area contributed by atoms with Gasteiger partial charge in [0, 0.05) is 19.8 Å². The lowest BCUT2D eigenvalue weighted by atomic mass is 9.83. The maximum absolute atomic E-state index is 11.2. The number of hydrogen-bond donors (Lipinski definition) is 2. The van der Waals surface area contributed by atoms with Crippen LogP contribution >= 0.6 is 0 Å². The molecule has 2 atom stereocenters. The third kappa shape index (κ3) is 3.34. The Bertz CT molecular complexity index is 288. The molecule has 0 saturated heterocycles. The maximum atomic E-state index is 11.2. The Hall–Kier alpha value is -1.39. The van der Waals surface area contributed by atoms with E-state index in [-0.39, 0.29) is 17.6 Å². The van der Waals surface area contributed by atoms with Gasteiger partial charge in [0.15, 0.2) is 0 Å². The van der Waals surface area contributed by atoms with E-state index in [0.717, 1.165) is 12.8 Å². The van der Waals surface area contributed by atoms with Crippen LogP contribution in [0.25, 0.3) is 0 Å². The minimum Gasteiger partial charge on any atom is -0.368 e. The monoisotopic (exact) mass is 212 g/mol. The van der Waals surface area contributed by atoms with E-state index in [0.29, 0.717) is 12.8 Å². The molecule has 0 spiro atoms. The van der Waals surface area contributed by atoms with Crippen LogP contribution in [0.15, 0.2) is 0 Å². The molecule has 1 aliphatic rings. The van der Waals surface area contributed by atoms with Crippen LogP contribution in [-0.2, 0) is 14.4 Å². The van der Waals surface area contributed by atoms with Gasteiger partial charge in [-0.05, 0) is 18.8 Å². The Morgan fingerprint density at radius 3 is 2.67 bits per heavy atom. The van der Waals surface area contributed by atoms with E-state index in [1.54, 1.807) is 0 Å². The van der Waals surface area contributed by atoms with Gasteiger partial charge < -0.3 is 11.1 Å². The largest absolute Gasteiger partial charge is 0.368 e. The first kappa shape index (κ1) is 11.7. The number of nitrogens with one attached hydrogen (secondary N) is 1. The molecule has 0 unspecified atom stereocenters. The lowest BCUT2D eigenvalue weighted by molar-refractivity contribution is -0.129. The third-order valence-corrected chi connectivity index (χ3v) is 2.66. The first-order valence-electron chi connectivity index (χ1n) is 5.09. The van der Waals surface area contributed by atoms with Crippen molar-refractivity contribution in [2.45, 2.75) is 38.6 Å². The molecule has 0 heterocycles. The second-order valence-corrected chi connectivity index (χ2v) is 3.98. The Balaban J connectivity index is 2.66. The summed E-state index contributed by atoms with van der Waals surface area (Å²) in [4.78, 5) is 33.2. The van der Waals surface area contributed by atoms with Gasteiger partial charge in [-0.25, -0.2) is 0 Å². The van der Waals surface area contributed by atoms with E-state index in [1.807, 2.05) is 0 Å². The molecule has 84 valence electrons. The van der Waals surface area contributed by atoms with Gasteiger partial charge in [-0.3, -0.25) is 14.4 Å². The fourth-order valence-corrected chi connectivity index (χ4v) is 1.98. The zero-order valence-corrected chi connectivity index (χ0v) is 8.79. The van der Waals surface area contributed by atoms with Gasteiger partial charge in [0.1, 0.15) is 11.8 Å². The molecule has 15 heavy (non-hydrogen) atoms. The summed E-state index contributed by atoms with van der Waals surface area (Å²) < 4.78 is 0. The summed E-state index contributed by atoms with van der Waals surface area (Å²) in [7, 11) is 0. The van der Waals surface area contributed by atoms with E-state index in [1.165, 1.54) is 6.92 Å². The minimum absolute atomic E-state index is 0.132. The molecule has 2 amide bonds. The Kier molecular flexibility index (Phi) is 3.82. The number of ketones is 1. The lowest BCUT2D eigenvalue weighted by Crippen LogP contribution is -2.49. The van der Waals surface area contributed by atoms with Crippen molar-refractivity contribution in [1.82, 2.24) is 5.32 Å². The SMILES string of the molecule is CC(=O)N[C@H](C(N)=O)[C@@H]1CCCC(=O)C1. The third-order valence-electron chi connectivity index (χ3n) is 2.66. The predicted molar refractivity (Wildman–Crippen MR) is 53.8 cm³/mol. The van der Waals surface area contributed by atoms with E-state index in [4.69, 9.17) is 5.73 Å². The van der Waals surface area contributed by atoms with Crippen LogP contribution in [0.2, 0.25) is 0 Å². The van der Waals surface area contributed by atoms with E-state index in [9.17, 15) is 14.4 Å². The number of hydrogen-bond acceptors (Lipinski definition) is 3. The molecule has 1 fully saturated rings. The topological polar surface area (TPSA) is 89.3 Å². The van der Waals surface area contributed by atoms with Crippen LogP contribution in [0.1, 0.15) is 32.6 Å². The van der Waals surface area contributed by atoms with Crippen LogP contribution in [-0.4, -0.2) is 23.6 Å². The van der Waals surface area contributed by atoms with Crippen LogP contribution in [0.4, 0.5) is 0 Å². The van der Waals surface area contributed by atoms with E-state index >= 15 is 0 Å². The number of carbonyl (C=O) groups excluding carboxylic acids is 3. The standard InChI is InChI=1S/C10H16N2O3/c1-6(13)12-9(10(11)15)7-3-2-4-8(14)5-7/h7,9H,2-5H2,1H3,(H2,11,15)(H,12,13)/t7-,9+/m1/s1. The number of amides is 2. The van der Waals surface area contributed by atoms with Crippen molar-refractivity contribution in [2.24, 2.45) is 11.7 Å². The van der Waals surface area contributed by atoms with Crippen molar-refractivity contribution < 1.29 is 14.4 Å². The molecule has 1 aliphatic carbocycles. The molecule has 1 rings (SSSR count). The van der Waals surface area contributed by atoms with E-state index < -0.39 is 11.9 Å². The van der Waals surface area contributed by atoms with Crippen molar-refractivity contribution in [2.75, 3.05) is 0 Å². The fraction of sp³-hybridized carbons (Fsp3) is 0.700. The summed E-state index contributed by atoms with van der Waals surface area (Å²) >= 11 is 0. The van der Waals surface area contributed by atoms with Crippen molar-refractivity contribution in [1.29, 1.82) is 0 Å². The van der Waals surface area contributed by atoms with Gasteiger partial charge in [0.2, 0.25) is 11.8 Å². The molecule has 0 aliphatic heterocycles. The van der Waals surface area contributed by atoms with Gasteiger partial charge in [0.25, 0.3) is 0 Å². The van der Waals surface area contributed by atoms with Crippen LogP contribution in [0.5, 0.6) is 0 Å². The van der Waals surface area contributed by atoms with Crippen LogP contribution < -0.4 is 11.1 Å². The van der Waals surface area contributed by atoms with Crippen LogP contribution in [0.3, 0.4) is 0 Å². The zero-order valence-electron chi connectivity index (χ0n) is 8.79. The highest BCUT2D eigenvalue weighted by Crippen LogP contribution is 2.24. The average molecular weight is 212 g/mol. The van der Waals surface area contributed by atoms with Crippen molar-refractivity contribution in [3.8, 4) is 0 Å². The molecule has 0 radical (unpaired) electrons. The van der Waals surface area contributed by atoms with Crippen LogP contribution in [0, 0.1) is 5.92 Å². The first-order chi connectivity index (χ1) is 7.00. The highest BCUT2D eigenvalue weighted by molar-refractivity contribution is 5.87. The zero-order chi connectivity index (χ0) is 11.4. The smallest absolute Gasteiger partial charge is 0.240 e. The Morgan fingerprint density at radius 1 is 1.53 bits per heavy atom. The number of primary amides is 1. The average Bonchev–Trinajstić information content (AvgIpc) is 2.13. The molecular formula is C10H16N2O3. The highest BCUT2D eigenvalue weighted by atomic mass is 16.2. The Labute approximate surface area is 88.4 Å². The number of Topliss-reactive ketones (excluding diaryl/α,β-unsaturated/α-hetero) is 1. The fourth-order valence-electron chi connectivity index (χ4n) is 1.98. The molecule has 1 saturated carbocycles. The second-order valence-electron chi connectivity index (χ2n) is 3.98. The summed E-state index contributed by atoms with van der Waals surface area (Å²) in [6.45, 7) is 1.33. The summed E-state index contributed by atoms with van der Waals surface area (Å²) in [5.74, 6) is -0.850. The molecule has 0 aromatic carbocycles. The molecule has 5 nitrogen and oxygen atoms in total. The number of carbonyl (C=O) groups is 3. The molecule has 5 heteroatoms. The van der Waals surface area contributed by atoms with Crippen molar-refractivity contribution in [3.05, 3.63) is 0 Å². The van der Waals surface area contributed by atoms with Gasteiger partial charge in [-0.15, -0.1) is 0 Å². The minimum atomic E-state index is -0.702. The number of rotatable bonds is 3. The molecule has 0 aromatic heterocycles. The lowest BCUT2D eigenvalue weighted by Gasteiger charge is -2.27. The van der Waals surface area contributed by atoms with E-state index in [2.05, 4.69) is 5.32 Å². The van der Waals surface area contributed by atoms with Crippen molar-refractivity contribution >= 4 is 17.6 Å². The summed E-state index contributed by atoms with van der Waals surface area (Å²) in [6, 6.07) is -0.702. The van der Waals surface area contributed by atoms with Gasteiger partial charge in [-0.1, -0.05) is 0 Å². The molecule has 0 bridgehead atoms. The highest BCUT2D eigenvalue weighted by Gasteiger charge is 2.31. The normalized spacial score (nSPS) is 23.3. The summed E-state index contributed by atoms with van der Waals surface area (Å²) in [5, 5.41) is 2.50. The molecular weight excluding hydrogens is 196 g/mol. The number of nitrogens with two attached hydrogens (primary N) is 1.